The molecule has 1 saturated heterocycles. The maximum atomic E-state index is 13.9. The summed E-state index contributed by atoms with van der Waals surface area (Å²) in [6, 6.07) is 2.32. The van der Waals surface area contributed by atoms with Crippen LogP contribution in [0.4, 0.5) is 8.78 Å². The van der Waals surface area contributed by atoms with E-state index in [0.29, 0.717) is 4.47 Å². The molecule has 120 valence electrons. The van der Waals surface area contributed by atoms with Crippen LogP contribution in [0.1, 0.15) is 33.3 Å². The molecule has 0 aliphatic carbocycles. The molecule has 0 aromatic heterocycles. The standard InChI is InChI=1S/C15H18BBrF2O3/c1-14(2)15(3,4)22-16(21-14)9(8-20)5-11-12(18)6-10(17)7-13(11)19/h5-7,20H,8H2,1-4H3. The summed E-state index contributed by atoms with van der Waals surface area (Å²) < 4.78 is 39.7. The highest BCUT2D eigenvalue weighted by Gasteiger charge is 2.52. The Morgan fingerprint density at radius 2 is 1.64 bits per heavy atom. The van der Waals surface area contributed by atoms with Crippen molar-refractivity contribution < 1.29 is 23.2 Å². The summed E-state index contributed by atoms with van der Waals surface area (Å²) >= 11 is 3.03. The fraction of sp³-hybridized carbons (Fsp3) is 0.467. The fourth-order valence-corrected chi connectivity index (χ4v) is 2.46. The highest BCUT2D eigenvalue weighted by atomic mass is 79.9. The lowest BCUT2D eigenvalue weighted by molar-refractivity contribution is 0.00578. The minimum absolute atomic E-state index is 0.234. The quantitative estimate of drug-likeness (QED) is 0.819. The van der Waals surface area contributed by atoms with Gasteiger partial charge in [0.05, 0.1) is 17.8 Å². The maximum Gasteiger partial charge on any atom is 0.492 e. The lowest BCUT2D eigenvalue weighted by Crippen LogP contribution is -2.41. The van der Waals surface area contributed by atoms with Crippen LogP contribution in [0.3, 0.4) is 0 Å². The molecule has 1 aliphatic heterocycles. The molecular formula is C15H18BBrF2O3. The molecular weight excluding hydrogens is 357 g/mol. The molecule has 0 bridgehead atoms. The Morgan fingerprint density at radius 3 is 2.05 bits per heavy atom. The zero-order valence-corrected chi connectivity index (χ0v) is 14.5. The number of hydrogen-bond donors (Lipinski definition) is 1. The molecule has 7 heteroatoms. The van der Waals surface area contributed by atoms with Crippen molar-refractivity contribution in [1.82, 2.24) is 0 Å². The smallest absolute Gasteiger partial charge is 0.400 e. The predicted octanol–water partition coefficient (Wildman–Crippen LogP) is 3.73. The van der Waals surface area contributed by atoms with Gasteiger partial charge < -0.3 is 14.4 Å². The molecule has 0 saturated carbocycles. The second kappa shape index (κ2) is 6.04. The highest BCUT2D eigenvalue weighted by molar-refractivity contribution is 9.10. The number of rotatable bonds is 3. The van der Waals surface area contributed by atoms with Crippen LogP contribution >= 0.6 is 15.9 Å². The van der Waals surface area contributed by atoms with Gasteiger partial charge in [-0.15, -0.1) is 0 Å². The third-order valence-electron chi connectivity index (χ3n) is 4.11. The number of halogens is 3. The van der Waals surface area contributed by atoms with Gasteiger partial charge in [-0.05, 0) is 45.3 Å². The van der Waals surface area contributed by atoms with Crippen LogP contribution in [0.25, 0.3) is 6.08 Å². The van der Waals surface area contributed by atoms with Gasteiger partial charge in [0.2, 0.25) is 0 Å². The Hall–Kier alpha value is -0.755. The van der Waals surface area contributed by atoms with E-state index in [-0.39, 0.29) is 11.0 Å². The van der Waals surface area contributed by atoms with Gasteiger partial charge in [0.25, 0.3) is 0 Å². The van der Waals surface area contributed by atoms with Gasteiger partial charge in [-0.2, -0.15) is 0 Å². The predicted molar refractivity (Wildman–Crippen MR) is 85.2 cm³/mol. The van der Waals surface area contributed by atoms with Crippen LogP contribution in [-0.2, 0) is 9.31 Å². The number of aliphatic hydroxyl groups is 1. The number of hydrogen-bond acceptors (Lipinski definition) is 3. The molecule has 0 atom stereocenters. The van der Waals surface area contributed by atoms with E-state index in [2.05, 4.69) is 15.9 Å². The van der Waals surface area contributed by atoms with E-state index in [4.69, 9.17) is 9.31 Å². The maximum absolute atomic E-state index is 13.9. The Kier molecular flexibility index (Phi) is 4.83. The van der Waals surface area contributed by atoms with E-state index in [0.717, 1.165) is 12.1 Å². The van der Waals surface area contributed by atoms with Gasteiger partial charge in [-0.25, -0.2) is 8.78 Å². The van der Waals surface area contributed by atoms with Crippen LogP contribution in [0.2, 0.25) is 0 Å². The Balaban J connectivity index is 2.38. The van der Waals surface area contributed by atoms with E-state index < -0.39 is 36.6 Å². The molecule has 1 aliphatic rings. The summed E-state index contributed by atoms with van der Waals surface area (Å²) in [6.07, 6.45) is 1.24. The summed E-state index contributed by atoms with van der Waals surface area (Å²) in [5.41, 5.74) is -1.16. The van der Waals surface area contributed by atoms with Crippen LogP contribution < -0.4 is 0 Å². The zero-order valence-electron chi connectivity index (χ0n) is 12.9. The minimum Gasteiger partial charge on any atom is -0.400 e. The molecule has 0 amide bonds. The first kappa shape index (κ1) is 17.6. The lowest BCUT2D eigenvalue weighted by atomic mass is 9.77. The Morgan fingerprint density at radius 1 is 1.18 bits per heavy atom. The molecule has 1 heterocycles. The molecule has 0 radical (unpaired) electrons. The van der Waals surface area contributed by atoms with E-state index in [9.17, 15) is 13.9 Å². The third kappa shape index (κ3) is 3.27. The van der Waals surface area contributed by atoms with Crippen molar-refractivity contribution in [3.8, 4) is 0 Å². The van der Waals surface area contributed by atoms with Gasteiger partial charge in [-0.1, -0.05) is 22.0 Å². The van der Waals surface area contributed by atoms with E-state index in [1.807, 2.05) is 27.7 Å². The van der Waals surface area contributed by atoms with Gasteiger partial charge in [0.15, 0.2) is 0 Å². The zero-order chi connectivity index (χ0) is 16.7. The highest BCUT2D eigenvalue weighted by Crippen LogP contribution is 2.39. The molecule has 1 aromatic rings. The SMILES string of the molecule is CC1(C)OB(C(=Cc2c(F)cc(Br)cc2F)CO)OC1(C)C. The average Bonchev–Trinajstić information content (AvgIpc) is 2.57. The van der Waals surface area contributed by atoms with Crippen molar-refractivity contribution >= 4 is 29.1 Å². The van der Waals surface area contributed by atoms with Gasteiger partial charge in [0, 0.05) is 10.0 Å². The van der Waals surface area contributed by atoms with Crippen molar-refractivity contribution in [2.45, 2.75) is 38.9 Å². The second-order valence-electron chi connectivity index (χ2n) is 6.25. The normalized spacial score (nSPS) is 20.5. The van der Waals surface area contributed by atoms with E-state index >= 15 is 0 Å². The summed E-state index contributed by atoms with van der Waals surface area (Å²) in [7, 11) is -0.850. The average molecular weight is 375 g/mol. The summed E-state index contributed by atoms with van der Waals surface area (Å²) in [5, 5.41) is 9.54. The second-order valence-corrected chi connectivity index (χ2v) is 7.16. The third-order valence-corrected chi connectivity index (χ3v) is 4.57. The first-order chi connectivity index (χ1) is 10.1. The van der Waals surface area contributed by atoms with Gasteiger partial charge in [0.1, 0.15) is 11.6 Å². The largest absolute Gasteiger partial charge is 0.492 e. The Bertz CT molecular complexity index is 578. The van der Waals surface area contributed by atoms with Crippen LogP contribution in [-0.4, -0.2) is 30.0 Å². The van der Waals surface area contributed by atoms with E-state index in [1.54, 1.807) is 0 Å². The molecule has 1 N–H and O–H groups in total. The first-order valence-corrected chi connectivity index (χ1v) is 7.68. The molecule has 3 nitrogen and oxygen atoms in total. The van der Waals surface area contributed by atoms with Gasteiger partial charge in [-0.3, -0.25) is 0 Å². The first-order valence-electron chi connectivity index (χ1n) is 6.89. The molecule has 1 fully saturated rings. The molecule has 1 aromatic carbocycles. The molecule has 2 rings (SSSR count). The monoisotopic (exact) mass is 374 g/mol. The lowest BCUT2D eigenvalue weighted by Gasteiger charge is -2.32. The van der Waals surface area contributed by atoms with Crippen LogP contribution in [0.5, 0.6) is 0 Å². The summed E-state index contributed by atoms with van der Waals surface area (Å²) in [4.78, 5) is 0. The van der Waals surface area contributed by atoms with Crippen molar-refractivity contribution in [2.75, 3.05) is 6.61 Å². The Labute approximate surface area is 137 Å². The van der Waals surface area contributed by atoms with Gasteiger partial charge >= 0.3 is 7.12 Å². The van der Waals surface area contributed by atoms with Crippen molar-refractivity contribution in [3.05, 3.63) is 39.3 Å². The molecule has 0 unspecified atom stereocenters. The van der Waals surface area contributed by atoms with Crippen LogP contribution in [0.15, 0.2) is 22.1 Å². The van der Waals surface area contributed by atoms with Crippen molar-refractivity contribution in [3.63, 3.8) is 0 Å². The number of aliphatic hydroxyl groups excluding tert-OH is 1. The number of benzene rings is 1. The van der Waals surface area contributed by atoms with Crippen molar-refractivity contribution in [2.24, 2.45) is 0 Å². The molecule has 0 spiro atoms. The minimum atomic E-state index is -0.850. The van der Waals surface area contributed by atoms with E-state index in [1.165, 1.54) is 6.08 Å². The summed E-state index contributed by atoms with van der Waals surface area (Å²) in [5.74, 6) is -1.45. The fourth-order valence-electron chi connectivity index (χ4n) is 2.06. The topological polar surface area (TPSA) is 38.7 Å². The molecule has 22 heavy (non-hydrogen) atoms. The summed E-state index contributed by atoms with van der Waals surface area (Å²) in [6.45, 7) is 7.03. The van der Waals surface area contributed by atoms with Crippen LogP contribution in [0, 0.1) is 11.6 Å². The van der Waals surface area contributed by atoms with Crippen molar-refractivity contribution in [1.29, 1.82) is 0 Å².